The standard InChI is InChI=1S/C23H32FN3O2S/c1-6-7-8-20(21(28)25-14-15(2)3)30-23-26-16(4)19(22(29)27(23)5)13-17-9-11-18(24)12-10-17/h9-12,15,20H,6-8,13-14H2,1-5H3,(H,25,28). The van der Waals surface area contributed by atoms with Crippen LogP contribution in [-0.2, 0) is 18.3 Å². The molecule has 0 spiro atoms. The summed E-state index contributed by atoms with van der Waals surface area (Å²) in [5.74, 6) is 0.0628. The van der Waals surface area contributed by atoms with Crippen molar-refractivity contribution >= 4 is 17.7 Å². The zero-order chi connectivity index (χ0) is 22.3. The lowest BCUT2D eigenvalue weighted by molar-refractivity contribution is -0.120. The molecule has 0 fully saturated rings. The van der Waals surface area contributed by atoms with E-state index < -0.39 is 0 Å². The van der Waals surface area contributed by atoms with E-state index in [9.17, 15) is 14.0 Å². The zero-order valence-corrected chi connectivity index (χ0v) is 19.3. The maximum atomic E-state index is 13.2. The Kier molecular flexibility index (Phi) is 9.08. The highest BCUT2D eigenvalue weighted by Crippen LogP contribution is 2.25. The van der Waals surface area contributed by atoms with Crippen molar-refractivity contribution in [2.45, 2.75) is 63.8 Å². The van der Waals surface area contributed by atoms with E-state index in [-0.39, 0.29) is 22.5 Å². The molecule has 1 aromatic heterocycles. The van der Waals surface area contributed by atoms with E-state index in [2.05, 4.69) is 31.1 Å². The van der Waals surface area contributed by atoms with Crippen molar-refractivity contribution in [2.75, 3.05) is 6.54 Å². The molecule has 2 aromatic rings. The third kappa shape index (κ3) is 6.69. The number of halogens is 1. The monoisotopic (exact) mass is 433 g/mol. The quantitative estimate of drug-likeness (QED) is 0.450. The van der Waals surface area contributed by atoms with Crippen molar-refractivity contribution < 1.29 is 9.18 Å². The van der Waals surface area contributed by atoms with Crippen LogP contribution < -0.4 is 10.9 Å². The maximum absolute atomic E-state index is 13.2. The Balaban J connectivity index is 2.26. The van der Waals surface area contributed by atoms with E-state index >= 15 is 0 Å². The fourth-order valence-corrected chi connectivity index (χ4v) is 4.18. The second-order valence-corrected chi connectivity index (χ2v) is 9.18. The summed E-state index contributed by atoms with van der Waals surface area (Å²) in [5, 5.41) is 3.26. The molecular formula is C23H32FN3O2S. The van der Waals surface area contributed by atoms with E-state index in [1.807, 2.05) is 6.92 Å². The van der Waals surface area contributed by atoms with Crippen LogP contribution >= 0.6 is 11.8 Å². The Morgan fingerprint density at radius 3 is 2.53 bits per heavy atom. The number of unbranched alkanes of at least 4 members (excludes halogenated alkanes) is 1. The molecule has 0 aliphatic heterocycles. The largest absolute Gasteiger partial charge is 0.355 e. The molecule has 0 aliphatic rings. The van der Waals surface area contributed by atoms with Crippen LogP contribution in [0.15, 0.2) is 34.2 Å². The number of aromatic nitrogens is 2. The van der Waals surface area contributed by atoms with E-state index in [1.54, 1.807) is 19.2 Å². The maximum Gasteiger partial charge on any atom is 0.257 e. The summed E-state index contributed by atoms with van der Waals surface area (Å²) >= 11 is 1.35. The molecule has 1 unspecified atom stereocenters. The Morgan fingerprint density at radius 1 is 1.27 bits per heavy atom. The highest BCUT2D eigenvalue weighted by Gasteiger charge is 2.23. The first-order chi connectivity index (χ1) is 14.2. The van der Waals surface area contributed by atoms with Crippen LogP contribution in [0.25, 0.3) is 0 Å². The molecule has 164 valence electrons. The van der Waals surface area contributed by atoms with Crippen LogP contribution in [0.2, 0.25) is 0 Å². The lowest BCUT2D eigenvalue weighted by atomic mass is 10.1. The van der Waals surface area contributed by atoms with Gasteiger partial charge in [-0.1, -0.05) is 57.5 Å². The summed E-state index contributed by atoms with van der Waals surface area (Å²) in [5.41, 5.74) is 1.95. The van der Waals surface area contributed by atoms with Gasteiger partial charge in [-0.25, -0.2) is 9.37 Å². The summed E-state index contributed by atoms with van der Waals surface area (Å²) in [6.07, 6.45) is 3.06. The van der Waals surface area contributed by atoms with Gasteiger partial charge in [0.2, 0.25) is 5.91 Å². The van der Waals surface area contributed by atoms with Gasteiger partial charge in [0.25, 0.3) is 5.56 Å². The van der Waals surface area contributed by atoms with Gasteiger partial charge in [0.15, 0.2) is 5.16 Å². The van der Waals surface area contributed by atoms with E-state index in [0.717, 1.165) is 24.8 Å². The van der Waals surface area contributed by atoms with E-state index in [1.165, 1.54) is 28.5 Å². The normalized spacial score (nSPS) is 12.2. The Bertz CT molecular complexity index is 910. The van der Waals surface area contributed by atoms with Gasteiger partial charge in [-0.15, -0.1) is 0 Å². The molecule has 1 N–H and O–H groups in total. The zero-order valence-electron chi connectivity index (χ0n) is 18.5. The number of rotatable bonds is 10. The van der Waals surface area contributed by atoms with Crippen molar-refractivity contribution in [2.24, 2.45) is 13.0 Å². The predicted octanol–water partition coefficient (Wildman–Crippen LogP) is 4.24. The van der Waals surface area contributed by atoms with Crippen LogP contribution in [0, 0.1) is 18.7 Å². The fraction of sp³-hybridized carbons (Fsp3) is 0.522. The number of thioether (sulfide) groups is 1. The number of carbonyl (C=O) groups is 1. The van der Waals surface area contributed by atoms with Gasteiger partial charge in [-0.2, -0.15) is 0 Å². The average Bonchev–Trinajstić information content (AvgIpc) is 2.71. The Labute approximate surface area is 182 Å². The van der Waals surface area contributed by atoms with Gasteiger partial charge in [0.05, 0.1) is 5.25 Å². The first kappa shape index (κ1) is 24.1. The topological polar surface area (TPSA) is 64.0 Å². The Hall–Kier alpha value is -2.15. The second kappa shape index (κ2) is 11.3. The van der Waals surface area contributed by atoms with Gasteiger partial charge in [0.1, 0.15) is 5.82 Å². The lowest BCUT2D eigenvalue weighted by Crippen LogP contribution is -2.36. The van der Waals surface area contributed by atoms with Crippen molar-refractivity contribution in [3.63, 3.8) is 0 Å². The number of amides is 1. The predicted molar refractivity (Wildman–Crippen MR) is 120 cm³/mol. The van der Waals surface area contributed by atoms with Gasteiger partial charge in [-0.05, 0) is 37.0 Å². The highest BCUT2D eigenvalue weighted by atomic mass is 32.2. The van der Waals surface area contributed by atoms with E-state index in [0.29, 0.717) is 35.3 Å². The minimum Gasteiger partial charge on any atom is -0.355 e. The van der Waals surface area contributed by atoms with Crippen LogP contribution in [0.3, 0.4) is 0 Å². The second-order valence-electron chi connectivity index (χ2n) is 8.01. The molecule has 1 amide bonds. The van der Waals surface area contributed by atoms with Crippen LogP contribution in [0.4, 0.5) is 4.39 Å². The van der Waals surface area contributed by atoms with Gasteiger partial charge >= 0.3 is 0 Å². The molecule has 0 aliphatic carbocycles. The SMILES string of the molecule is CCCCC(Sc1nc(C)c(Cc2ccc(F)cc2)c(=O)n1C)C(=O)NCC(C)C. The Morgan fingerprint density at radius 2 is 1.93 bits per heavy atom. The van der Waals surface area contributed by atoms with Crippen LogP contribution in [0.5, 0.6) is 0 Å². The summed E-state index contributed by atoms with van der Waals surface area (Å²) in [4.78, 5) is 30.3. The molecular weight excluding hydrogens is 401 g/mol. The third-order valence-corrected chi connectivity index (χ3v) is 6.20. The fourth-order valence-electron chi connectivity index (χ4n) is 3.02. The number of nitrogens with one attached hydrogen (secondary N) is 1. The molecule has 1 atom stereocenters. The number of hydrogen-bond donors (Lipinski definition) is 1. The lowest BCUT2D eigenvalue weighted by Gasteiger charge is -2.19. The number of carbonyl (C=O) groups excluding carboxylic acids is 1. The van der Waals surface area contributed by atoms with E-state index in [4.69, 9.17) is 0 Å². The molecule has 30 heavy (non-hydrogen) atoms. The molecule has 1 heterocycles. The van der Waals surface area contributed by atoms with Crippen molar-refractivity contribution in [3.05, 3.63) is 57.3 Å². The molecule has 2 rings (SSSR count). The third-order valence-electron chi connectivity index (χ3n) is 4.89. The smallest absolute Gasteiger partial charge is 0.257 e. The van der Waals surface area contributed by atoms with Crippen molar-refractivity contribution in [3.8, 4) is 0 Å². The van der Waals surface area contributed by atoms with Gasteiger partial charge in [0, 0.05) is 31.3 Å². The summed E-state index contributed by atoms with van der Waals surface area (Å²) in [6.45, 7) is 8.65. The summed E-state index contributed by atoms with van der Waals surface area (Å²) in [7, 11) is 1.69. The number of benzene rings is 1. The molecule has 1 aromatic carbocycles. The molecule has 5 nitrogen and oxygen atoms in total. The number of aryl methyl sites for hydroxylation is 1. The summed E-state index contributed by atoms with van der Waals surface area (Å²) < 4.78 is 14.7. The van der Waals surface area contributed by atoms with Crippen LogP contribution in [0.1, 0.15) is 56.9 Å². The van der Waals surface area contributed by atoms with Gasteiger partial charge < -0.3 is 5.32 Å². The van der Waals surface area contributed by atoms with Crippen molar-refractivity contribution in [1.29, 1.82) is 0 Å². The minimum atomic E-state index is -0.304. The molecule has 7 heteroatoms. The molecule has 0 saturated heterocycles. The first-order valence-corrected chi connectivity index (χ1v) is 11.4. The molecule has 0 saturated carbocycles. The van der Waals surface area contributed by atoms with Crippen molar-refractivity contribution in [1.82, 2.24) is 14.9 Å². The number of hydrogen-bond acceptors (Lipinski definition) is 4. The first-order valence-electron chi connectivity index (χ1n) is 10.5. The van der Waals surface area contributed by atoms with Gasteiger partial charge in [-0.3, -0.25) is 14.2 Å². The molecule has 0 bridgehead atoms. The number of nitrogens with zero attached hydrogens (tertiary/aromatic N) is 2. The van der Waals surface area contributed by atoms with Crippen LogP contribution in [-0.4, -0.2) is 27.3 Å². The minimum absolute atomic E-state index is 0.00978. The average molecular weight is 434 g/mol. The summed E-state index contributed by atoms with van der Waals surface area (Å²) in [6, 6.07) is 6.13. The molecule has 0 radical (unpaired) electrons. The highest BCUT2D eigenvalue weighted by molar-refractivity contribution is 8.00.